The van der Waals surface area contributed by atoms with Crippen molar-refractivity contribution in [1.29, 1.82) is 0 Å². The van der Waals surface area contributed by atoms with Gasteiger partial charge < -0.3 is 10.4 Å². The maximum atomic E-state index is 11.9. The number of carbonyl (C=O) groups excluding carboxylic acids is 1. The lowest BCUT2D eigenvalue weighted by atomic mass is 9.87. The lowest BCUT2D eigenvalue weighted by Crippen LogP contribution is -2.32. The maximum Gasteiger partial charge on any atom is 0.252 e. The molecule has 3 nitrogen and oxygen atoms in total. The van der Waals surface area contributed by atoms with Crippen molar-refractivity contribution < 1.29 is 9.90 Å². The largest absolute Gasteiger partial charge is 0.393 e. The second kappa shape index (κ2) is 6.34. The van der Waals surface area contributed by atoms with Crippen LogP contribution < -0.4 is 5.32 Å². The number of aliphatic hydroxyl groups excluding tert-OH is 1. The number of benzene rings is 1. The molecule has 18 heavy (non-hydrogen) atoms. The van der Waals surface area contributed by atoms with Crippen molar-refractivity contribution in [2.45, 2.75) is 33.3 Å². The molecule has 0 aromatic heterocycles. The second-order valence-corrected chi connectivity index (χ2v) is 6.26. The van der Waals surface area contributed by atoms with Crippen LogP contribution in [0, 0.1) is 5.41 Å². The molecule has 0 fully saturated rings. The van der Waals surface area contributed by atoms with Gasteiger partial charge in [-0.05, 0) is 39.9 Å². The molecule has 1 aromatic rings. The van der Waals surface area contributed by atoms with Crippen molar-refractivity contribution in [1.82, 2.24) is 5.32 Å². The second-order valence-electron chi connectivity index (χ2n) is 5.41. The van der Waals surface area contributed by atoms with Crippen molar-refractivity contribution in [2.75, 3.05) is 6.54 Å². The maximum absolute atomic E-state index is 11.9. The quantitative estimate of drug-likeness (QED) is 0.897. The van der Waals surface area contributed by atoms with E-state index in [0.717, 1.165) is 4.47 Å². The van der Waals surface area contributed by atoms with Gasteiger partial charge >= 0.3 is 0 Å². The Bertz CT molecular complexity index is 413. The zero-order chi connectivity index (χ0) is 13.8. The third-order valence-corrected chi connectivity index (χ3v) is 3.51. The molecule has 0 aliphatic carbocycles. The molecule has 0 heterocycles. The molecule has 1 aromatic carbocycles. The first kappa shape index (κ1) is 15.2. The lowest BCUT2D eigenvalue weighted by Gasteiger charge is -2.25. The Labute approximate surface area is 117 Å². The molecular formula is C14H20BrNO2. The van der Waals surface area contributed by atoms with E-state index in [2.05, 4.69) is 21.2 Å². The number of rotatable bonds is 4. The molecule has 100 valence electrons. The van der Waals surface area contributed by atoms with E-state index in [1.807, 2.05) is 39.0 Å². The molecule has 0 saturated heterocycles. The van der Waals surface area contributed by atoms with Crippen LogP contribution in [0.5, 0.6) is 0 Å². The minimum absolute atomic E-state index is 0.122. The first-order valence-electron chi connectivity index (χ1n) is 6.03. The van der Waals surface area contributed by atoms with E-state index < -0.39 is 6.10 Å². The molecule has 1 amide bonds. The highest BCUT2D eigenvalue weighted by Crippen LogP contribution is 2.21. The summed E-state index contributed by atoms with van der Waals surface area (Å²) in [6.45, 7) is 6.41. The average Bonchev–Trinajstić information content (AvgIpc) is 2.28. The molecule has 4 heteroatoms. The summed E-state index contributed by atoms with van der Waals surface area (Å²) in [7, 11) is 0. The van der Waals surface area contributed by atoms with Gasteiger partial charge in [-0.2, -0.15) is 0 Å². The van der Waals surface area contributed by atoms with Gasteiger partial charge in [-0.3, -0.25) is 4.79 Å². The Kier molecular flexibility index (Phi) is 5.35. The highest BCUT2D eigenvalue weighted by molar-refractivity contribution is 9.10. The van der Waals surface area contributed by atoms with Gasteiger partial charge in [0.1, 0.15) is 0 Å². The van der Waals surface area contributed by atoms with E-state index in [4.69, 9.17) is 0 Å². The van der Waals surface area contributed by atoms with Gasteiger partial charge in [0.25, 0.3) is 5.91 Å². The number of nitrogens with one attached hydrogen (secondary N) is 1. The monoisotopic (exact) mass is 313 g/mol. The number of aliphatic hydroxyl groups is 1. The minimum atomic E-state index is -0.419. The van der Waals surface area contributed by atoms with Gasteiger partial charge in [0.2, 0.25) is 0 Å². The standard InChI is InChI=1S/C14H20BrNO2/c1-14(2,3)12(17)8-9-16-13(18)10-6-4-5-7-11(10)15/h4-7,12,17H,8-9H2,1-3H3,(H,16,18)/t12-/m0/s1. The lowest BCUT2D eigenvalue weighted by molar-refractivity contribution is 0.0551. The number of carbonyl (C=O) groups is 1. The van der Waals surface area contributed by atoms with Gasteiger partial charge in [0.15, 0.2) is 0 Å². The Morgan fingerprint density at radius 1 is 1.39 bits per heavy atom. The average molecular weight is 314 g/mol. The van der Waals surface area contributed by atoms with Crippen LogP contribution >= 0.6 is 15.9 Å². The zero-order valence-electron chi connectivity index (χ0n) is 11.0. The predicted molar refractivity (Wildman–Crippen MR) is 76.6 cm³/mol. The Hall–Kier alpha value is -0.870. The molecule has 0 spiro atoms. The van der Waals surface area contributed by atoms with Crippen LogP contribution in [0.4, 0.5) is 0 Å². The van der Waals surface area contributed by atoms with E-state index >= 15 is 0 Å². The number of amides is 1. The number of halogens is 1. The first-order chi connectivity index (χ1) is 8.32. The summed E-state index contributed by atoms with van der Waals surface area (Å²) in [5, 5.41) is 12.7. The fraction of sp³-hybridized carbons (Fsp3) is 0.500. The van der Waals surface area contributed by atoms with Crippen LogP contribution in [0.1, 0.15) is 37.6 Å². The summed E-state index contributed by atoms with van der Waals surface area (Å²) in [6, 6.07) is 7.28. The van der Waals surface area contributed by atoms with Crippen LogP contribution in [0.2, 0.25) is 0 Å². The van der Waals surface area contributed by atoms with Crippen LogP contribution in [-0.2, 0) is 0 Å². The summed E-state index contributed by atoms with van der Waals surface area (Å²) in [5.41, 5.74) is 0.459. The molecular weight excluding hydrogens is 294 g/mol. The molecule has 1 rings (SSSR count). The number of hydrogen-bond acceptors (Lipinski definition) is 2. The van der Waals surface area contributed by atoms with Gasteiger partial charge in [-0.15, -0.1) is 0 Å². The van der Waals surface area contributed by atoms with Crippen molar-refractivity contribution in [3.8, 4) is 0 Å². The van der Waals surface area contributed by atoms with Crippen LogP contribution in [0.25, 0.3) is 0 Å². The summed E-state index contributed by atoms with van der Waals surface area (Å²) < 4.78 is 0.777. The molecule has 0 aliphatic rings. The molecule has 0 radical (unpaired) electrons. The van der Waals surface area contributed by atoms with Crippen molar-refractivity contribution in [3.05, 3.63) is 34.3 Å². The highest BCUT2D eigenvalue weighted by atomic mass is 79.9. The van der Waals surface area contributed by atoms with Gasteiger partial charge in [-0.1, -0.05) is 32.9 Å². The third-order valence-electron chi connectivity index (χ3n) is 2.82. The first-order valence-corrected chi connectivity index (χ1v) is 6.82. The normalized spacial score (nSPS) is 13.2. The van der Waals surface area contributed by atoms with E-state index in [0.29, 0.717) is 18.5 Å². The van der Waals surface area contributed by atoms with Crippen LogP contribution in [-0.4, -0.2) is 23.7 Å². The molecule has 2 N–H and O–H groups in total. The number of hydrogen-bond donors (Lipinski definition) is 2. The molecule has 1 atom stereocenters. The Morgan fingerprint density at radius 2 is 2.00 bits per heavy atom. The third kappa shape index (κ3) is 4.42. The molecule has 0 bridgehead atoms. The van der Waals surface area contributed by atoms with E-state index in [-0.39, 0.29) is 11.3 Å². The van der Waals surface area contributed by atoms with Gasteiger partial charge in [0.05, 0.1) is 11.7 Å². The summed E-state index contributed by atoms with van der Waals surface area (Å²) in [5.74, 6) is -0.122. The van der Waals surface area contributed by atoms with Gasteiger partial charge in [-0.25, -0.2) is 0 Å². The predicted octanol–water partition coefficient (Wildman–Crippen LogP) is 2.98. The summed E-state index contributed by atoms with van der Waals surface area (Å²) in [4.78, 5) is 11.9. The minimum Gasteiger partial charge on any atom is -0.393 e. The van der Waals surface area contributed by atoms with Crippen LogP contribution in [0.15, 0.2) is 28.7 Å². The van der Waals surface area contributed by atoms with E-state index in [1.165, 1.54) is 0 Å². The van der Waals surface area contributed by atoms with Crippen molar-refractivity contribution in [3.63, 3.8) is 0 Å². The fourth-order valence-corrected chi connectivity index (χ4v) is 1.96. The van der Waals surface area contributed by atoms with Crippen molar-refractivity contribution in [2.24, 2.45) is 5.41 Å². The van der Waals surface area contributed by atoms with Crippen molar-refractivity contribution >= 4 is 21.8 Å². The zero-order valence-corrected chi connectivity index (χ0v) is 12.6. The SMILES string of the molecule is CC(C)(C)[C@@H](O)CCNC(=O)c1ccccc1Br. The topological polar surface area (TPSA) is 49.3 Å². The van der Waals surface area contributed by atoms with E-state index in [9.17, 15) is 9.90 Å². The molecule has 0 aliphatic heterocycles. The fourth-order valence-electron chi connectivity index (χ4n) is 1.50. The van der Waals surface area contributed by atoms with Crippen LogP contribution in [0.3, 0.4) is 0 Å². The summed E-state index contributed by atoms with van der Waals surface area (Å²) in [6.07, 6.45) is 0.136. The molecule has 0 unspecified atom stereocenters. The summed E-state index contributed by atoms with van der Waals surface area (Å²) >= 11 is 3.34. The van der Waals surface area contributed by atoms with Gasteiger partial charge in [0, 0.05) is 11.0 Å². The van der Waals surface area contributed by atoms with E-state index in [1.54, 1.807) is 6.07 Å². The Balaban J connectivity index is 2.46. The highest BCUT2D eigenvalue weighted by Gasteiger charge is 2.21. The Morgan fingerprint density at radius 3 is 2.56 bits per heavy atom. The smallest absolute Gasteiger partial charge is 0.252 e. The molecule has 0 saturated carbocycles.